The van der Waals surface area contributed by atoms with E-state index >= 15 is 0 Å². The zero-order valence-electron chi connectivity index (χ0n) is 11.5. The number of ether oxygens (including phenoxy) is 1. The van der Waals surface area contributed by atoms with Crippen LogP contribution in [0.25, 0.3) is 0 Å². The molecule has 1 aromatic heterocycles. The largest absolute Gasteiger partial charge is 0.479 e. The molecule has 0 saturated carbocycles. The van der Waals surface area contributed by atoms with Crippen molar-refractivity contribution < 1.29 is 28.8 Å². The van der Waals surface area contributed by atoms with Crippen molar-refractivity contribution in [1.29, 1.82) is 0 Å². The number of carbonyl (C=O) groups excluding carboxylic acids is 2. The number of rotatable bonds is 6. The van der Waals surface area contributed by atoms with Gasteiger partial charge in [-0.05, 0) is 0 Å². The Kier molecular flexibility index (Phi) is 4.92. The molecule has 22 heavy (non-hydrogen) atoms. The zero-order valence-corrected chi connectivity index (χ0v) is 11.5. The Morgan fingerprint density at radius 3 is 2.59 bits per heavy atom. The monoisotopic (exact) mass is 301 g/mol. The number of nitrogens with zero attached hydrogens (tertiary/aromatic N) is 2. The first-order valence-electron chi connectivity index (χ1n) is 6.38. The van der Waals surface area contributed by atoms with E-state index in [1.807, 2.05) is 0 Å². The van der Waals surface area contributed by atoms with Gasteiger partial charge in [-0.15, -0.1) is 0 Å². The third-order valence-electron chi connectivity index (χ3n) is 2.78. The molecule has 0 aliphatic carbocycles. The topological polar surface area (TPSA) is 97.4 Å². The number of aliphatic carboxylic acids is 1. The third kappa shape index (κ3) is 3.95. The van der Waals surface area contributed by atoms with Gasteiger partial charge >= 0.3 is 17.6 Å². The van der Waals surface area contributed by atoms with Crippen LogP contribution in [-0.4, -0.2) is 34.4 Å². The molecule has 0 saturated heterocycles. The van der Waals surface area contributed by atoms with E-state index in [4.69, 9.17) is 5.11 Å². The number of esters is 1. The highest BCUT2D eigenvalue weighted by Crippen LogP contribution is 2.01. The minimum Gasteiger partial charge on any atom is -0.479 e. The lowest BCUT2D eigenvalue weighted by Crippen LogP contribution is -2.44. The smallest absolute Gasteiger partial charge is 0.405 e. The number of ketones is 1. The van der Waals surface area contributed by atoms with Gasteiger partial charge < -0.3 is 9.84 Å². The standard InChI is InChI=1S/C15H12N2O5/c18-13(11-4-2-1-3-5-11)9-17-7-6-16-8-12(17)15(21)22-10-14(19)20/h1-8H,9-10H2/p+1. The number of aromatic nitrogens is 2. The Labute approximate surface area is 125 Å². The molecule has 0 bridgehead atoms. The normalized spacial score (nSPS) is 10.0. The van der Waals surface area contributed by atoms with Crippen LogP contribution in [0.5, 0.6) is 0 Å². The van der Waals surface area contributed by atoms with Crippen molar-refractivity contribution in [3.05, 3.63) is 60.2 Å². The summed E-state index contributed by atoms with van der Waals surface area (Å²) in [5.74, 6) is -2.30. The van der Waals surface area contributed by atoms with E-state index in [0.717, 1.165) is 0 Å². The zero-order chi connectivity index (χ0) is 15.9. The van der Waals surface area contributed by atoms with Gasteiger partial charge in [0.1, 0.15) is 6.20 Å². The van der Waals surface area contributed by atoms with Gasteiger partial charge in [-0.1, -0.05) is 30.3 Å². The Morgan fingerprint density at radius 2 is 1.91 bits per heavy atom. The van der Waals surface area contributed by atoms with Crippen LogP contribution in [0.2, 0.25) is 0 Å². The fraction of sp³-hybridized carbons (Fsp3) is 0.133. The molecular formula is C15H13N2O5+. The van der Waals surface area contributed by atoms with Crippen LogP contribution in [-0.2, 0) is 16.1 Å². The summed E-state index contributed by atoms with van der Waals surface area (Å²) in [4.78, 5) is 38.2. The second-order valence-corrected chi connectivity index (χ2v) is 4.35. The maximum absolute atomic E-state index is 12.2. The highest BCUT2D eigenvalue weighted by molar-refractivity contribution is 5.95. The number of hydrogen-bond donors (Lipinski definition) is 1. The van der Waals surface area contributed by atoms with Crippen LogP contribution in [0.4, 0.5) is 0 Å². The summed E-state index contributed by atoms with van der Waals surface area (Å²) in [6.07, 6.45) is 4.10. The van der Waals surface area contributed by atoms with E-state index in [1.165, 1.54) is 23.2 Å². The van der Waals surface area contributed by atoms with Crippen LogP contribution < -0.4 is 4.57 Å². The molecular weight excluding hydrogens is 288 g/mol. The van der Waals surface area contributed by atoms with Gasteiger partial charge in [0.25, 0.3) is 0 Å². The fourth-order valence-electron chi connectivity index (χ4n) is 1.77. The summed E-state index contributed by atoms with van der Waals surface area (Å²) in [7, 11) is 0. The van der Waals surface area contributed by atoms with E-state index in [-0.39, 0.29) is 18.0 Å². The maximum atomic E-state index is 12.2. The van der Waals surface area contributed by atoms with Crippen LogP contribution >= 0.6 is 0 Å². The first kappa shape index (κ1) is 15.3. The average molecular weight is 301 g/mol. The van der Waals surface area contributed by atoms with E-state index in [0.29, 0.717) is 5.56 Å². The fourth-order valence-corrected chi connectivity index (χ4v) is 1.77. The first-order valence-corrected chi connectivity index (χ1v) is 6.38. The van der Waals surface area contributed by atoms with Crippen molar-refractivity contribution in [3.63, 3.8) is 0 Å². The number of Topliss-reactive ketones (excluding diaryl/α,β-unsaturated/α-hetero) is 1. The van der Waals surface area contributed by atoms with E-state index in [1.54, 1.807) is 30.3 Å². The van der Waals surface area contributed by atoms with Gasteiger partial charge in [0, 0.05) is 5.56 Å². The highest BCUT2D eigenvalue weighted by Gasteiger charge is 2.24. The Hall–Kier alpha value is -3.09. The van der Waals surface area contributed by atoms with Crippen molar-refractivity contribution in [2.24, 2.45) is 0 Å². The molecule has 0 spiro atoms. The van der Waals surface area contributed by atoms with Crippen molar-refractivity contribution >= 4 is 17.7 Å². The predicted molar refractivity (Wildman–Crippen MR) is 73.1 cm³/mol. The lowest BCUT2D eigenvalue weighted by Gasteiger charge is -2.03. The SMILES string of the molecule is O=C(O)COC(=O)c1cncc[n+]1CC(=O)c1ccccc1. The van der Waals surface area contributed by atoms with Crippen molar-refractivity contribution in [2.75, 3.05) is 6.61 Å². The summed E-state index contributed by atoms with van der Waals surface area (Å²) in [5, 5.41) is 8.52. The number of carboxylic acids is 1. The minimum absolute atomic E-state index is 0.00744. The second-order valence-electron chi connectivity index (χ2n) is 4.35. The minimum atomic E-state index is -1.26. The van der Waals surface area contributed by atoms with Crippen LogP contribution in [0.1, 0.15) is 20.8 Å². The summed E-state index contributed by atoms with van der Waals surface area (Å²) < 4.78 is 5.97. The lowest BCUT2D eigenvalue weighted by molar-refractivity contribution is -0.686. The summed E-state index contributed by atoms with van der Waals surface area (Å²) >= 11 is 0. The van der Waals surface area contributed by atoms with Crippen LogP contribution in [0.15, 0.2) is 48.9 Å². The molecule has 0 aliphatic heterocycles. The van der Waals surface area contributed by atoms with Gasteiger partial charge in [-0.25, -0.2) is 9.59 Å². The van der Waals surface area contributed by atoms with E-state index in [2.05, 4.69) is 9.72 Å². The van der Waals surface area contributed by atoms with Crippen LogP contribution in [0.3, 0.4) is 0 Å². The van der Waals surface area contributed by atoms with Gasteiger partial charge in [0.2, 0.25) is 12.3 Å². The molecule has 0 atom stereocenters. The summed E-state index contributed by atoms with van der Waals surface area (Å²) in [5.41, 5.74) is 0.518. The molecule has 0 fully saturated rings. The Bertz CT molecular complexity index is 700. The second kappa shape index (κ2) is 7.07. The molecule has 112 valence electrons. The molecule has 2 aromatic rings. The number of hydrogen-bond acceptors (Lipinski definition) is 5. The first-order chi connectivity index (χ1) is 10.6. The van der Waals surface area contributed by atoms with Gasteiger partial charge in [0.15, 0.2) is 12.8 Å². The Morgan fingerprint density at radius 1 is 1.18 bits per heavy atom. The van der Waals surface area contributed by atoms with Crippen molar-refractivity contribution in [3.8, 4) is 0 Å². The lowest BCUT2D eigenvalue weighted by atomic mass is 10.1. The molecule has 0 radical (unpaired) electrons. The van der Waals surface area contributed by atoms with Crippen molar-refractivity contribution in [1.82, 2.24) is 4.98 Å². The molecule has 7 nitrogen and oxygen atoms in total. The molecule has 0 unspecified atom stereocenters. The quantitative estimate of drug-likeness (QED) is 0.474. The molecule has 7 heteroatoms. The van der Waals surface area contributed by atoms with E-state index < -0.39 is 18.5 Å². The number of carbonyl (C=O) groups is 3. The van der Waals surface area contributed by atoms with E-state index in [9.17, 15) is 14.4 Å². The van der Waals surface area contributed by atoms with Gasteiger partial charge in [-0.2, -0.15) is 4.57 Å². The highest BCUT2D eigenvalue weighted by atomic mass is 16.5. The third-order valence-corrected chi connectivity index (χ3v) is 2.78. The predicted octanol–water partition coefficient (Wildman–Crippen LogP) is 0.493. The molecule has 1 heterocycles. The molecule has 2 rings (SSSR count). The van der Waals surface area contributed by atoms with Gasteiger partial charge in [0.05, 0.1) is 6.20 Å². The molecule has 0 aliphatic rings. The average Bonchev–Trinajstić information content (AvgIpc) is 2.54. The maximum Gasteiger partial charge on any atom is 0.405 e. The number of benzene rings is 1. The molecule has 1 N–H and O–H groups in total. The molecule has 1 aromatic carbocycles. The van der Waals surface area contributed by atoms with Gasteiger partial charge in [-0.3, -0.25) is 9.78 Å². The summed E-state index contributed by atoms with van der Waals surface area (Å²) in [6, 6.07) is 8.63. The Balaban J connectivity index is 2.16. The summed E-state index contributed by atoms with van der Waals surface area (Å²) in [6.45, 7) is -0.829. The number of carboxylic acid groups (broad SMARTS) is 1. The van der Waals surface area contributed by atoms with Crippen molar-refractivity contribution in [2.45, 2.75) is 6.54 Å². The van der Waals surface area contributed by atoms with Crippen LogP contribution in [0, 0.1) is 0 Å². The molecule has 0 amide bonds.